The van der Waals surface area contributed by atoms with Crippen LogP contribution in [0.3, 0.4) is 0 Å². The van der Waals surface area contributed by atoms with Crippen LogP contribution >= 0.6 is 11.6 Å². The molecule has 0 spiro atoms. The molecular formula is C9H9ClN4O. The van der Waals surface area contributed by atoms with E-state index in [0.717, 1.165) is 18.8 Å². The molecule has 1 aliphatic heterocycles. The fraction of sp³-hybridized carbons (Fsp3) is 0.444. The molecule has 0 saturated carbocycles. The van der Waals surface area contributed by atoms with Gasteiger partial charge in [0.15, 0.2) is 10.8 Å². The highest BCUT2D eigenvalue weighted by atomic mass is 35.5. The van der Waals surface area contributed by atoms with E-state index in [1.807, 2.05) is 11.0 Å². The van der Waals surface area contributed by atoms with Crippen LogP contribution in [0.2, 0.25) is 5.15 Å². The molecule has 6 heteroatoms. The highest BCUT2D eigenvalue weighted by Crippen LogP contribution is 2.23. The van der Waals surface area contributed by atoms with Gasteiger partial charge in [-0.25, -0.2) is 0 Å². The molecule has 0 aliphatic carbocycles. The number of nitrogens with zero attached hydrogens (tertiary/aromatic N) is 4. The molecule has 5 nitrogen and oxygen atoms in total. The highest BCUT2D eigenvalue weighted by molar-refractivity contribution is 6.31. The third-order valence-electron chi connectivity index (χ3n) is 2.20. The Balaban J connectivity index is 2.29. The van der Waals surface area contributed by atoms with Crippen molar-refractivity contribution in [3.8, 4) is 6.07 Å². The Kier molecular flexibility index (Phi) is 2.99. The minimum Gasteiger partial charge on any atom is -0.378 e. The van der Waals surface area contributed by atoms with Crippen molar-refractivity contribution in [3.63, 3.8) is 0 Å². The van der Waals surface area contributed by atoms with Gasteiger partial charge in [-0.05, 0) is 0 Å². The van der Waals surface area contributed by atoms with Gasteiger partial charge in [-0.1, -0.05) is 11.6 Å². The number of rotatable bonds is 1. The van der Waals surface area contributed by atoms with Crippen LogP contribution in [0.15, 0.2) is 6.07 Å². The number of nitriles is 1. The van der Waals surface area contributed by atoms with Crippen molar-refractivity contribution in [1.29, 1.82) is 5.26 Å². The van der Waals surface area contributed by atoms with Crippen molar-refractivity contribution >= 4 is 17.3 Å². The van der Waals surface area contributed by atoms with Gasteiger partial charge >= 0.3 is 0 Å². The molecular weight excluding hydrogens is 216 g/mol. The van der Waals surface area contributed by atoms with Gasteiger partial charge in [0.2, 0.25) is 0 Å². The largest absolute Gasteiger partial charge is 0.378 e. The predicted octanol–water partition coefficient (Wildman–Crippen LogP) is 0.838. The lowest BCUT2D eigenvalue weighted by atomic mass is 10.3. The number of hydrogen-bond donors (Lipinski definition) is 0. The minimum atomic E-state index is 0.279. The van der Waals surface area contributed by atoms with Gasteiger partial charge in [0.25, 0.3) is 0 Å². The Bertz CT molecular complexity index is 398. The Morgan fingerprint density at radius 1 is 1.40 bits per heavy atom. The molecule has 0 N–H and O–H groups in total. The second-order valence-corrected chi connectivity index (χ2v) is 3.47. The summed E-state index contributed by atoms with van der Waals surface area (Å²) < 4.78 is 5.23. The number of halogens is 1. The molecule has 15 heavy (non-hydrogen) atoms. The second kappa shape index (κ2) is 4.43. The zero-order valence-electron chi connectivity index (χ0n) is 7.98. The zero-order valence-corrected chi connectivity index (χ0v) is 8.74. The normalized spacial score (nSPS) is 16.1. The lowest BCUT2D eigenvalue weighted by molar-refractivity contribution is 0.122. The van der Waals surface area contributed by atoms with Crippen molar-refractivity contribution in [2.75, 3.05) is 31.2 Å². The smallest absolute Gasteiger partial charge is 0.175 e. The standard InChI is InChI=1S/C9H9ClN4O/c10-9-8(5-7(6-11)12-13-9)14-1-3-15-4-2-14/h5H,1-4H2. The Labute approximate surface area is 92.2 Å². The van der Waals surface area contributed by atoms with E-state index in [0.29, 0.717) is 18.4 Å². The van der Waals surface area contributed by atoms with Crippen LogP contribution in [0.4, 0.5) is 5.69 Å². The second-order valence-electron chi connectivity index (χ2n) is 3.12. The van der Waals surface area contributed by atoms with Crippen molar-refractivity contribution in [1.82, 2.24) is 10.2 Å². The Morgan fingerprint density at radius 2 is 2.13 bits per heavy atom. The summed E-state index contributed by atoms with van der Waals surface area (Å²) in [4.78, 5) is 2.04. The molecule has 1 saturated heterocycles. The van der Waals surface area contributed by atoms with Crippen LogP contribution in [0.5, 0.6) is 0 Å². The van der Waals surface area contributed by atoms with E-state index < -0.39 is 0 Å². The summed E-state index contributed by atoms with van der Waals surface area (Å²) in [5.41, 5.74) is 1.03. The first kappa shape index (κ1) is 10.1. The molecule has 1 fully saturated rings. The fourth-order valence-corrected chi connectivity index (χ4v) is 1.66. The summed E-state index contributed by atoms with van der Waals surface area (Å²) in [6.07, 6.45) is 0. The maximum Gasteiger partial charge on any atom is 0.175 e. The average Bonchev–Trinajstić information content (AvgIpc) is 2.31. The molecule has 1 aliphatic rings. The SMILES string of the molecule is N#Cc1cc(N2CCOCC2)c(Cl)nn1. The summed E-state index contributed by atoms with van der Waals surface area (Å²) in [5.74, 6) is 0. The van der Waals surface area contributed by atoms with Gasteiger partial charge in [0.05, 0.1) is 18.9 Å². The molecule has 1 aromatic rings. The topological polar surface area (TPSA) is 62.0 Å². The number of anilines is 1. The van der Waals surface area contributed by atoms with Crippen molar-refractivity contribution < 1.29 is 4.74 Å². The Morgan fingerprint density at radius 3 is 2.80 bits per heavy atom. The van der Waals surface area contributed by atoms with E-state index in [4.69, 9.17) is 21.6 Å². The summed E-state index contributed by atoms with van der Waals surface area (Å²) in [6, 6.07) is 3.60. The van der Waals surface area contributed by atoms with Crippen LogP contribution in [-0.4, -0.2) is 36.5 Å². The van der Waals surface area contributed by atoms with Crippen molar-refractivity contribution in [2.45, 2.75) is 0 Å². The van der Waals surface area contributed by atoms with Crippen LogP contribution in [0.1, 0.15) is 5.69 Å². The van der Waals surface area contributed by atoms with E-state index in [2.05, 4.69) is 10.2 Å². The van der Waals surface area contributed by atoms with Gasteiger partial charge < -0.3 is 9.64 Å². The van der Waals surface area contributed by atoms with Crippen LogP contribution in [-0.2, 0) is 4.74 Å². The lowest BCUT2D eigenvalue weighted by Crippen LogP contribution is -2.36. The zero-order chi connectivity index (χ0) is 10.7. The lowest BCUT2D eigenvalue weighted by Gasteiger charge is -2.28. The van der Waals surface area contributed by atoms with E-state index in [9.17, 15) is 0 Å². The van der Waals surface area contributed by atoms with Crippen molar-refractivity contribution in [2.24, 2.45) is 0 Å². The first-order valence-corrected chi connectivity index (χ1v) is 4.95. The number of morpholine rings is 1. The molecule has 0 aromatic carbocycles. The van der Waals surface area contributed by atoms with E-state index >= 15 is 0 Å². The average molecular weight is 225 g/mol. The molecule has 2 rings (SSSR count). The third-order valence-corrected chi connectivity index (χ3v) is 2.47. The van der Waals surface area contributed by atoms with Crippen LogP contribution in [0, 0.1) is 11.3 Å². The molecule has 0 amide bonds. The third kappa shape index (κ3) is 2.17. The molecule has 0 atom stereocenters. The van der Waals surface area contributed by atoms with E-state index in [1.165, 1.54) is 0 Å². The van der Waals surface area contributed by atoms with Gasteiger partial charge in [-0.2, -0.15) is 5.26 Å². The summed E-state index contributed by atoms with van der Waals surface area (Å²) >= 11 is 5.92. The summed E-state index contributed by atoms with van der Waals surface area (Å²) in [7, 11) is 0. The van der Waals surface area contributed by atoms with E-state index in [-0.39, 0.29) is 5.69 Å². The molecule has 0 bridgehead atoms. The first-order chi connectivity index (χ1) is 7.31. The highest BCUT2D eigenvalue weighted by Gasteiger charge is 2.15. The minimum absolute atomic E-state index is 0.279. The molecule has 2 heterocycles. The summed E-state index contributed by atoms with van der Waals surface area (Å²) in [5, 5.41) is 16.4. The maximum atomic E-state index is 8.71. The van der Waals surface area contributed by atoms with Crippen LogP contribution < -0.4 is 4.90 Å². The molecule has 0 unspecified atom stereocenters. The fourth-order valence-electron chi connectivity index (χ4n) is 1.45. The predicted molar refractivity (Wildman–Crippen MR) is 54.8 cm³/mol. The number of aromatic nitrogens is 2. The van der Waals surface area contributed by atoms with Gasteiger partial charge in [-0.3, -0.25) is 0 Å². The molecule has 78 valence electrons. The monoisotopic (exact) mass is 224 g/mol. The van der Waals surface area contributed by atoms with Crippen LogP contribution in [0.25, 0.3) is 0 Å². The van der Waals surface area contributed by atoms with Crippen molar-refractivity contribution in [3.05, 3.63) is 16.9 Å². The number of ether oxygens (including phenoxy) is 1. The van der Waals surface area contributed by atoms with E-state index in [1.54, 1.807) is 6.07 Å². The Hall–Kier alpha value is -1.38. The molecule has 1 aromatic heterocycles. The maximum absolute atomic E-state index is 8.71. The van der Waals surface area contributed by atoms with Gasteiger partial charge in [0, 0.05) is 19.2 Å². The summed E-state index contributed by atoms with van der Waals surface area (Å²) in [6.45, 7) is 2.85. The quantitative estimate of drug-likeness (QED) is 0.707. The molecule has 0 radical (unpaired) electrons. The van der Waals surface area contributed by atoms with Gasteiger partial charge in [0.1, 0.15) is 6.07 Å². The number of hydrogen-bond acceptors (Lipinski definition) is 5. The first-order valence-electron chi connectivity index (χ1n) is 4.57. The van der Waals surface area contributed by atoms with Gasteiger partial charge in [-0.15, -0.1) is 10.2 Å².